The quantitative estimate of drug-likeness (QED) is 0.793. The van der Waals surface area contributed by atoms with Crippen molar-refractivity contribution in [1.82, 2.24) is 0 Å². The van der Waals surface area contributed by atoms with E-state index in [0.717, 1.165) is 10.6 Å². The number of hydrogen-bond acceptors (Lipinski definition) is 3. The smallest absolute Gasteiger partial charge is 0.240 e. The Labute approximate surface area is 118 Å². The van der Waals surface area contributed by atoms with Crippen LogP contribution < -0.4 is 4.90 Å². The molecule has 102 valence electrons. The Bertz CT molecular complexity index is 525. The SMILES string of the molecule is CCC(=O)c1ccc2c(c1)N(C(C)C)C(=O)C(C)S2. The third-order valence-corrected chi connectivity index (χ3v) is 4.42. The molecule has 1 aliphatic rings. The number of nitrogens with zero attached hydrogens (tertiary/aromatic N) is 1. The Morgan fingerprint density at radius 2 is 2.11 bits per heavy atom. The number of hydrogen-bond donors (Lipinski definition) is 0. The summed E-state index contributed by atoms with van der Waals surface area (Å²) in [6, 6.07) is 5.78. The number of anilines is 1. The normalized spacial score (nSPS) is 18.7. The molecule has 0 bridgehead atoms. The highest BCUT2D eigenvalue weighted by Gasteiger charge is 2.32. The van der Waals surface area contributed by atoms with Gasteiger partial charge < -0.3 is 4.90 Å². The third-order valence-electron chi connectivity index (χ3n) is 3.27. The summed E-state index contributed by atoms with van der Waals surface area (Å²) in [4.78, 5) is 27.0. The largest absolute Gasteiger partial charge is 0.308 e. The van der Waals surface area contributed by atoms with Gasteiger partial charge in [0, 0.05) is 22.9 Å². The molecular formula is C15H19NO2S. The fourth-order valence-electron chi connectivity index (χ4n) is 2.27. The lowest BCUT2D eigenvalue weighted by molar-refractivity contribution is -0.118. The fourth-order valence-corrected chi connectivity index (χ4v) is 3.29. The minimum Gasteiger partial charge on any atom is -0.308 e. The lowest BCUT2D eigenvalue weighted by Crippen LogP contribution is -2.44. The molecule has 0 saturated carbocycles. The lowest BCUT2D eigenvalue weighted by Gasteiger charge is -2.35. The van der Waals surface area contributed by atoms with Gasteiger partial charge in [-0.25, -0.2) is 0 Å². The van der Waals surface area contributed by atoms with Crippen LogP contribution in [-0.2, 0) is 4.79 Å². The van der Waals surface area contributed by atoms with E-state index >= 15 is 0 Å². The molecule has 19 heavy (non-hydrogen) atoms. The Kier molecular flexibility index (Phi) is 3.99. The molecule has 1 aliphatic heterocycles. The van der Waals surface area contributed by atoms with Gasteiger partial charge in [-0.2, -0.15) is 0 Å². The van der Waals surface area contributed by atoms with E-state index in [2.05, 4.69) is 0 Å². The van der Waals surface area contributed by atoms with Crippen molar-refractivity contribution < 1.29 is 9.59 Å². The molecule has 0 spiro atoms. The maximum absolute atomic E-state index is 12.3. The maximum Gasteiger partial charge on any atom is 0.240 e. The highest BCUT2D eigenvalue weighted by atomic mass is 32.2. The Morgan fingerprint density at radius 3 is 2.68 bits per heavy atom. The first-order chi connectivity index (χ1) is 8.95. The summed E-state index contributed by atoms with van der Waals surface area (Å²) >= 11 is 1.57. The number of fused-ring (bicyclic) bond motifs is 1. The number of amides is 1. The first kappa shape index (κ1) is 14.1. The molecule has 0 aliphatic carbocycles. The number of carbonyl (C=O) groups excluding carboxylic acids is 2. The molecule has 2 rings (SSSR count). The van der Waals surface area contributed by atoms with Crippen molar-refractivity contribution in [3.8, 4) is 0 Å². The topological polar surface area (TPSA) is 37.4 Å². The van der Waals surface area contributed by atoms with Gasteiger partial charge in [-0.3, -0.25) is 9.59 Å². The molecule has 1 unspecified atom stereocenters. The van der Waals surface area contributed by atoms with E-state index in [0.29, 0.717) is 12.0 Å². The molecule has 1 atom stereocenters. The van der Waals surface area contributed by atoms with Gasteiger partial charge >= 0.3 is 0 Å². The van der Waals surface area contributed by atoms with Crippen LogP contribution in [0.4, 0.5) is 5.69 Å². The second kappa shape index (κ2) is 5.37. The van der Waals surface area contributed by atoms with E-state index in [1.165, 1.54) is 0 Å². The summed E-state index contributed by atoms with van der Waals surface area (Å²) in [5.41, 5.74) is 1.57. The molecule has 0 N–H and O–H groups in total. The van der Waals surface area contributed by atoms with E-state index in [9.17, 15) is 9.59 Å². The average molecular weight is 277 g/mol. The zero-order chi connectivity index (χ0) is 14.2. The van der Waals surface area contributed by atoms with Gasteiger partial charge in [0.1, 0.15) is 0 Å². The van der Waals surface area contributed by atoms with Gasteiger partial charge in [-0.1, -0.05) is 13.0 Å². The van der Waals surface area contributed by atoms with Gasteiger partial charge in [0.15, 0.2) is 5.78 Å². The lowest BCUT2D eigenvalue weighted by atomic mass is 10.1. The van der Waals surface area contributed by atoms with Crippen molar-refractivity contribution in [1.29, 1.82) is 0 Å². The monoisotopic (exact) mass is 277 g/mol. The standard InChI is InChI=1S/C15H19NO2S/c1-5-13(17)11-6-7-14-12(8-11)16(9(2)3)15(18)10(4)19-14/h6-10H,5H2,1-4H3. The van der Waals surface area contributed by atoms with Gasteiger partial charge in [-0.05, 0) is 32.9 Å². The molecule has 0 aromatic heterocycles. The molecule has 1 aromatic carbocycles. The van der Waals surface area contributed by atoms with E-state index in [4.69, 9.17) is 0 Å². The highest BCUT2D eigenvalue weighted by molar-refractivity contribution is 8.01. The Morgan fingerprint density at radius 1 is 1.42 bits per heavy atom. The van der Waals surface area contributed by atoms with Crippen molar-refractivity contribution in [2.75, 3.05) is 4.90 Å². The summed E-state index contributed by atoms with van der Waals surface area (Å²) in [6.45, 7) is 7.78. The number of rotatable bonds is 3. The zero-order valence-electron chi connectivity index (χ0n) is 11.8. The predicted molar refractivity (Wildman–Crippen MR) is 79.0 cm³/mol. The first-order valence-corrected chi connectivity index (χ1v) is 7.50. The highest BCUT2D eigenvalue weighted by Crippen LogP contribution is 2.40. The van der Waals surface area contributed by atoms with Crippen molar-refractivity contribution in [2.45, 2.75) is 50.3 Å². The van der Waals surface area contributed by atoms with Gasteiger partial charge in [0.2, 0.25) is 5.91 Å². The number of benzene rings is 1. The number of Topliss-reactive ketones (excluding diaryl/α,β-unsaturated/α-hetero) is 1. The molecule has 3 nitrogen and oxygen atoms in total. The van der Waals surface area contributed by atoms with Crippen LogP contribution >= 0.6 is 11.8 Å². The average Bonchev–Trinajstić information content (AvgIpc) is 2.38. The minimum atomic E-state index is -0.0670. The molecule has 1 amide bonds. The van der Waals surface area contributed by atoms with Crippen LogP contribution in [-0.4, -0.2) is 23.0 Å². The van der Waals surface area contributed by atoms with Crippen LogP contribution in [0.2, 0.25) is 0 Å². The second-order valence-corrected chi connectivity index (χ2v) is 6.40. The van der Waals surface area contributed by atoms with Crippen molar-refractivity contribution in [3.63, 3.8) is 0 Å². The summed E-state index contributed by atoms with van der Waals surface area (Å²) in [5.74, 6) is 0.233. The minimum absolute atomic E-state index is 0.0670. The molecule has 1 aromatic rings. The molecule has 4 heteroatoms. The molecule has 0 fully saturated rings. The number of ketones is 1. The van der Waals surface area contributed by atoms with Crippen molar-refractivity contribution in [2.24, 2.45) is 0 Å². The summed E-state index contributed by atoms with van der Waals surface area (Å²) in [6.07, 6.45) is 0.484. The van der Waals surface area contributed by atoms with E-state index < -0.39 is 0 Å². The van der Waals surface area contributed by atoms with Crippen LogP contribution in [0, 0.1) is 0 Å². The van der Waals surface area contributed by atoms with Crippen LogP contribution in [0.15, 0.2) is 23.1 Å². The second-order valence-electron chi connectivity index (χ2n) is 5.02. The predicted octanol–water partition coefficient (Wildman–Crippen LogP) is 3.51. The van der Waals surface area contributed by atoms with Crippen LogP contribution in [0.5, 0.6) is 0 Å². The summed E-state index contributed by atoms with van der Waals surface area (Å²) < 4.78 is 0. The molecular weight excluding hydrogens is 258 g/mol. The molecule has 0 radical (unpaired) electrons. The third kappa shape index (κ3) is 2.54. The number of thioether (sulfide) groups is 1. The Hall–Kier alpha value is -1.29. The molecule has 1 heterocycles. The molecule has 0 saturated heterocycles. The maximum atomic E-state index is 12.3. The van der Waals surface area contributed by atoms with E-state index in [1.807, 2.05) is 50.8 Å². The van der Waals surface area contributed by atoms with Gasteiger partial charge in [-0.15, -0.1) is 11.8 Å². The van der Waals surface area contributed by atoms with Crippen LogP contribution in [0.3, 0.4) is 0 Å². The van der Waals surface area contributed by atoms with Crippen molar-refractivity contribution in [3.05, 3.63) is 23.8 Å². The van der Waals surface area contributed by atoms with E-state index in [1.54, 1.807) is 11.8 Å². The summed E-state index contributed by atoms with van der Waals surface area (Å²) in [5, 5.41) is -0.0670. The number of carbonyl (C=O) groups is 2. The zero-order valence-corrected chi connectivity index (χ0v) is 12.6. The van der Waals surface area contributed by atoms with Gasteiger partial charge in [0.05, 0.1) is 10.9 Å². The van der Waals surface area contributed by atoms with Crippen LogP contribution in [0.25, 0.3) is 0 Å². The van der Waals surface area contributed by atoms with E-state index in [-0.39, 0.29) is 23.0 Å². The van der Waals surface area contributed by atoms with Crippen LogP contribution in [0.1, 0.15) is 44.5 Å². The van der Waals surface area contributed by atoms with Gasteiger partial charge in [0.25, 0.3) is 0 Å². The Balaban J connectivity index is 2.51. The fraction of sp³-hybridized carbons (Fsp3) is 0.467. The summed E-state index contributed by atoms with van der Waals surface area (Å²) in [7, 11) is 0. The van der Waals surface area contributed by atoms with Crippen molar-refractivity contribution >= 4 is 29.1 Å². The first-order valence-electron chi connectivity index (χ1n) is 6.62.